The van der Waals surface area contributed by atoms with Crippen molar-refractivity contribution in [3.05, 3.63) is 0 Å². The molecule has 0 fully saturated rings. The minimum atomic E-state index is -0.380. The maximum Gasteiger partial charge on any atom is 0.311 e. The summed E-state index contributed by atoms with van der Waals surface area (Å²) in [4.78, 5) is 11.6. The van der Waals surface area contributed by atoms with Crippen molar-refractivity contribution in [2.24, 2.45) is 17.3 Å². The van der Waals surface area contributed by atoms with Crippen molar-refractivity contribution in [1.29, 1.82) is 0 Å². The Hall–Kier alpha value is -0.530. The SMILES string of the molecule is CCCC(C)CC(C)COC(=O)C(C)(C)C. The quantitative estimate of drug-likeness (QED) is 0.641. The first-order valence-electron chi connectivity index (χ1n) is 6.44. The Morgan fingerprint density at radius 3 is 2.19 bits per heavy atom. The summed E-state index contributed by atoms with van der Waals surface area (Å²) in [6, 6.07) is 0. The summed E-state index contributed by atoms with van der Waals surface area (Å²) >= 11 is 0. The molecule has 16 heavy (non-hydrogen) atoms. The van der Waals surface area contributed by atoms with Crippen molar-refractivity contribution >= 4 is 5.97 Å². The number of hydrogen-bond acceptors (Lipinski definition) is 2. The van der Waals surface area contributed by atoms with E-state index < -0.39 is 0 Å². The summed E-state index contributed by atoms with van der Waals surface area (Å²) in [6.45, 7) is 12.9. The second kappa shape index (κ2) is 6.93. The van der Waals surface area contributed by atoms with Crippen LogP contribution in [0.2, 0.25) is 0 Å². The summed E-state index contributed by atoms with van der Waals surface area (Å²) in [5.41, 5.74) is -0.380. The molecule has 0 aliphatic rings. The van der Waals surface area contributed by atoms with Crippen LogP contribution in [0, 0.1) is 17.3 Å². The van der Waals surface area contributed by atoms with Gasteiger partial charge in [0.2, 0.25) is 0 Å². The van der Waals surface area contributed by atoms with Gasteiger partial charge in [-0.25, -0.2) is 0 Å². The van der Waals surface area contributed by atoms with Crippen molar-refractivity contribution < 1.29 is 9.53 Å². The fourth-order valence-electron chi connectivity index (χ4n) is 1.80. The highest BCUT2D eigenvalue weighted by Gasteiger charge is 2.23. The van der Waals surface area contributed by atoms with E-state index in [-0.39, 0.29) is 11.4 Å². The first kappa shape index (κ1) is 15.5. The molecule has 2 unspecified atom stereocenters. The number of rotatable bonds is 6. The second-order valence-corrected chi connectivity index (χ2v) is 6.08. The van der Waals surface area contributed by atoms with Gasteiger partial charge in [0.25, 0.3) is 0 Å². The molecule has 0 rings (SSSR count). The average molecular weight is 228 g/mol. The monoisotopic (exact) mass is 228 g/mol. The van der Waals surface area contributed by atoms with Gasteiger partial charge in [0.05, 0.1) is 12.0 Å². The van der Waals surface area contributed by atoms with Gasteiger partial charge in [0.1, 0.15) is 0 Å². The predicted molar refractivity (Wildman–Crippen MR) is 68.3 cm³/mol. The van der Waals surface area contributed by atoms with E-state index in [1.54, 1.807) is 0 Å². The lowest BCUT2D eigenvalue weighted by Crippen LogP contribution is -2.25. The summed E-state index contributed by atoms with van der Waals surface area (Å²) in [5, 5.41) is 0. The third-order valence-electron chi connectivity index (χ3n) is 2.70. The number of hydrogen-bond donors (Lipinski definition) is 0. The molecule has 0 saturated carbocycles. The molecule has 0 saturated heterocycles. The zero-order valence-electron chi connectivity index (χ0n) is 11.8. The first-order chi connectivity index (χ1) is 7.27. The maximum atomic E-state index is 11.6. The van der Waals surface area contributed by atoms with Gasteiger partial charge in [0.15, 0.2) is 0 Å². The van der Waals surface area contributed by atoms with Crippen molar-refractivity contribution in [3.63, 3.8) is 0 Å². The third kappa shape index (κ3) is 6.86. The lowest BCUT2D eigenvalue weighted by molar-refractivity contribution is -0.154. The maximum absolute atomic E-state index is 11.6. The van der Waals surface area contributed by atoms with E-state index in [2.05, 4.69) is 20.8 Å². The molecule has 0 N–H and O–H groups in total. The van der Waals surface area contributed by atoms with Gasteiger partial charge in [-0.1, -0.05) is 33.6 Å². The van der Waals surface area contributed by atoms with Crippen LogP contribution in [0.1, 0.15) is 60.8 Å². The average Bonchev–Trinajstić information content (AvgIpc) is 2.12. The van der Waals surface area contributed by atoms with Crippen molar-refractivity contribution in [1.82, 2.24) is 0 Å². The fraction of sp³-hybridized carbons (Fsp3) is 0.929. The molecule has 0 heterocycles. The number of carbonyl (C=O) groups excluding carboxylic acids is 1. The smallest absolute Gasteiger partial charge is 0.311 e. The molecular weight excluding hydrogens is 200 g/mol. The van der Waals surface area contributed by atoms with E-state index in [0.29, 0.717) is 12.5 Å². The van der Waals surface area contributed by atoms with Crippen LogP contribution in [0.5, 0.6) is 0 Å². The Balaban J connectivity index is 3.81. The third-order valence-corrected chi connectivity index (χ3v) is 2.70. The van der Waals surface area contributed by atoms with Crippen molar-refractivity contribution in [3.8, 4) is 0 Å². The van der Waals surface area contributed by atoms with Crippen LogP contribution in [-0.2, 0) is 9.53 Å². The van der Waals surface area contributed by atoms with Gasteiger partial charge in [-0.2, -0.15) is 0 Å². The molecule has 2 atom stereocenters. The van der Waals surface area contributed by atoms with Crippen molar-refractivity contribution in [2.75, 3.05) is 6.61 Å². The van der Waals surface area contributed by atoms with Gasteiger partial charge in [0, 0.05) is 0 Å². The number of ether oxygens (including phenoxy) is 1. The lowest BCUT2D eigenvalue weighted by atomic mass is 9.94. The normalized spacial score (nSPS) is 15.6. The molecule has 0 spiro atoms. The number of esters is 1. The van der Waals surface area contributed by atoms with E-state index in [0.717, 1.165) is 12.3 Å². The molecule has 0 aromatic rings. The highest BCUT2D eigenvalue weighted by atomic mass is 16.5. The predicted octanol–water partition coefficient (Wildman–Crippen LogP) is 4.04. The van der Waals surface area contributed by atoms with E-state index >= 15 is 0 Å². The zero-order chi connectivity index (χ0) is 12.8. The van der Waals surface area contributed by atoms with Gasteiger partial charge < -0.3 is 4.74 Å². The number of carbonyl (C=O) groups is 1. The molecule has 0 radical (unpaired) electrons. The Morgan fingerprint density at radius 1 is 1.19 bits per heavy atom. The first-order valence-corrected chi connectivity index (χ1v) is 6.44. The summed E-state index contributed by atoms with van der Waals surface area (Å²) < 4.78 is 5.31. The largest absolute Gasteiger partial charge is 0.465 e. The molecular formula is C14H28O2. The molecule has 2 heteroatoms. The molecule has 96 valence electrons. The van der Waals surface area contributed by atoms with Crippen LogP contribution in [0.3, 0.4) is 0 Å². The van der Waals surface area contributed by atoms with E-state index in [1.165, 1.54) is 12.8 Å². The molecule has 0 amide bonds. The topological polar surface area (TPSA) is 26.3 Å². The lowest BCUT2D eigenvalue weighted by Gasteiger charge is -2.20. The van der Waals surface area contributed by atoms with Crippen molar-refractivity contribution in [2.45, 2.75) is 60.8 Å². The van der Waals surface area contributed by atoms with Gasteiger partial charge in [-0.15, -0.1) is 0 Å². The van der Waals surface area contributed by atoms with Crippen LogP contribution >= 0.6 is 0 Å². The molecule has 0 aromatic heterocycles. The summed E-state index contributed by atoms with van der Waals surface area (Å²) in [7, 11) is 0. The Bertz CT molecular complexity index is 203. The highest BCUT2D eigenvalue weighted by molar-refractivity contribution is 5.75. The highest BCUT2D eigenvalue weighted by Crippen LogP contribution is 2.19. The summed E-state index contributed by atoms with van der Waals surface area (Å²) in [5.74, 6) is 1.10. The van der Waals surface area contributed by atoms with Crippen LogP contribution in [-0.4, -0.2) is 12.6 Å². The van der Waals surface area contributed by atoms with Gasteiger partial charge >= 0.3 is 5.97 Å². The second-order valence-electron chi connectivity index (χ2n) is 6.08. The van der Waals surface area contributed by atoms with Crippen LogP contribution in [0.25, 0.3) is 0 Å². The van der Waals surface area contributed by atoms with Crippen LogP contribution in [0.4, 0.5) is 0 Å². The zero-order valence-corrected chi connectivity index (χ0v) is 11.8. The van der Waals surface area contributed by atoms with Gasteiger partial charge in [-0.3, -0.25) is 4.79 Å². The Morgan fingerprint density at radius 2 is 1.75 bits per heavy atom. The van der Waals surface area contributed by atoms with E-state index in [1.807, 2.05) is 20.8 Å². The minimum Gasteiger partial charge on any atom is -0.465 e. The minimum absolute atomic E-state index is 0.0949. The molecule has 0 aliphatic heterocycles. The van der Waals surface area contributed by atoms with E-state index in [9.17, 15) is 4.79 Å². The summed E-state index contributed by atoms with van der Waals surface area (Å²) in [6.07, 6.45) is 3.64. The Kier molecular flexibility index (Phi) is 6.70. The molecule has 2 nitrogen and oxygen atoms in total. The molecule has 0 aliphatic carbocycles. The van der Waals surface area contributed by atoms with Crippen LogP contribution < -0.4 is 0 Å². The van der Waals surface area contributed by atoms with Crippen LogP contribution in [0.15, 0.2) is 0 Å². The fourth-order valence-corrected chi connectivity index (χ4v) is 1.80. The standard InChI is InChI=1S/C14H28O2/c1-7-8-11(2)9-12(3)10-16-13(15)14(4,5)6/h11-12H,7-10H2,1-6H3. The molecule has 0 bridgehead atoms. The van der Waals surface area contributed by atoms with E-state index in [4.69, 9.17) is 4.74 Å². The Labute approximate surface area is 101 Å². The van der Waals surface area contributed by atoms with Gasteiger partial charge in [-0.05, 0) is 39.0 Å². The molecule has 0 aromatic carbocycles.